The first kappa shape index (κ1) is 30.8. The molecule has 7 nitrogen and oxygen atoms in total. The van der Waals surface area contributed by atoms with Crippen LogP contribution in [-0.4, -0.2) is 74.8 Å². The molecule has 1 aromatic carbocycles. The standard InChI is InChI=1S/C24H34N4O2S2.O.Re/c1-27(2)24-7-4-19(18-26-24)23-17-20-16-21(5-6-22(20)30-23)29-13-3-10-28(12-15-32)11-8-25-9-14-31;;/h4-7,16-18,25,31-32H,3,8-15H2,1-2H3;;/q;-2;/p-2. The minimum absolute atomic E-state index is 0. The molecule has 0 bridgehead atoms. The Morgan fingerprint density at radius 1 is 1.00 bits per heavy atom. The van der Waals surface area contributed by atoms with Crippen molar-refractivity contribution in [3.8, 4) is 17.1 Å². The van der Waals surface area contributed by atoms with E-state index in [-0.39, 0.29) is 25.9 Å². The number of anilines is 1. The Labute approximate surface area is 227 Å². The number of aromatic nitrogens is 1. The summed E-state index contributed by atoms with van der Waals surface area (Å²) in [5, 5.41) is 4.38. The Morgan fingerprint density at radius 3 is 2.50 bits per heavy atom. The molecule has 10 heteroatoms. The number of fused-ring (bicyclic) bond motifs is 1. The Balaban J connectivity index is 0.00000289. The molecule has 0 aliphatic rings. The zero-order valence-corrected chi connectivity index (χ0v) is 24.0. The number of furan rings is 1. The fourth-order valence-electron chi connectivity index (χ4n) is 3.43. The SMILES string of the molecule is CN(C)c1ccc(-c2cc3cc(OCCCN(CC[S-])CCNCC[S-])ccc3o2)cn1.[O-2].[Re]. The summed E-state index contributed by atoms with van der Waals surface area (Å²) in [6.45, 7) is 5.38. The summed E-state index contributed by atoms with van der Waals surface area (Å²) in [4.78, 5) is 8.83. The molecule has 0 unspecified atom stereocenters. The van der Waals surface area contributed by atoms with Gasteiger partial charge in [0.2, 0.25) is 0 Å². The molecule has 3 rings (SSSR count). The average Bonchev–Trinajstić information content (AvgIpc) is 3.23. The number of ether oxygens (including phenoxy) is 1. The summed E-state index contributed by atoms with van der Waals surface area (Å²) in [5.41, 5.74) is 1.80. The topological polar surface area (TPSA) is 82.3 Å². The van der Waals surface area contributed by atoms with E-state index in [1.165, 1.54) is 0 Å². The van der Waals surface area contributed by atoms with E-state index < -0.39 is 0 Å². The van der Waals surface area contributed by atoms with Gasteiger partial charge in [0.05, 0.1) is 6.61 Å². The van der Waals surface area contributed by atoms with Crippen LogP contribution < -0.4 is 15.0 Å². The molecule has 0 saturated carbocycles. The number of nitrogens with zero attached hydrogens (tertiary/aromatic N) is 3. The van der Waals surface area contributed by atoms with Crippen LogP contribution in [0.15, 0.2) is 47.0 Å². The van der Waals surface area contributed by atoms with Crippen LogP contribution >= 0.6 is 0 Å². The maximum atomic E-state index is 6.01. The van der Waals surface area contributed by atoms with Crippen LogP contribution in [0.25, 0.3) is 22.3 Å². The van der Waals surface area contributed by atoms with E-state index in [2.05, 4.69) is 15.2 Å². The van der Waals surface area contributed by atoms with Crippen molar-refractivity contribution >= 4 is 42.0 Å². The number of hydrogen-bond donors (Lipinski definition) is 1. The summed E-state index contributed by atoms with van der Waals surface area (Å²) >= 11 is 10.1. The minimum Gasteiger partial charge on any atom is -2.00 e. The quantitative estimate of drug-likeness (QED) is 0.207. The van der Waals surface area contributed by atoms with Crippen molar-refractivity contribution in [2.75, 3.05) is 69.8 Å². The second kappa shape index (κ2) is 16.4. The third kappa shape index (κ3) is 9.42. The Bertz CT molecular complexity index is 957. The predicted molar refractivity (Wildman–Crippen MR) is 138 cm³/mol. The van der Waals surface area contributed by atoms with Crippen LogP contribution in [0, 0.1) is 0 Å². The summed E-state index contributed by atoms with van der Waals surface area (Å²) in [6, 6.07) is 12.0. The van der Waals surface area contributed by atoms with Crippen molar-refractivity contribution in [3.05, 3.63) is 42.6 Å². The van der Waals surface area contributed by atoms with E-state index >= 15 is 0 Å². The van der Waals surface area contributed by atoms with E-state index in [4.69, 9.17) is 34.4 Å². The van der Waals surface area contributed by atoms with Gasteiger partial charge < -0.3 is 55.0 Å². The van der Waals surface area contributed by atoms with Gasteiger partial charge in [-0.05, 0) is 55.9 Å². The van der Waals surface area contributed by atoms with Gasteiger partial charge in [-0.3, -0.25) is 0 Å². The van der Waals surface area contributed by atoms with Crippen LogP contribution in [-0.2, 0) is 51.2 Å². The second-order valence-electron chi connectivity index (χ2n) is 7.81. The molecule has 0 fully saturated rings. The van der Waals surface area contributed by atoms with Gasteiger partial charge in [0.25, 0.3) is 0 Å². The van der Waals surface area contributed by atoms with Gasteiger partial charge in [-0.15, -0.1) is 0 Å². The summed E-state index contributed by atoms with van der Waals surface area (Å²) in [6.07, 6.45) is 2.79. The first-order chi connectivity index (χ1) is 15.6. The third-order valence-corrected chi connectivity index (χ3v) is 5.54. The first-order valence-electron chi connectivity index (χ1n) is 11.0. The van der Waals surface area contributed by atoms with Gasteiger partial charge in [0.15, 0.2) is 0 Å². The fraction of sp³-hybridized carbons (Fsp3) is 0.458. The van der Waals surface area contributed by atoms with E-state index in [1.54, 1.807) is 0 Å². The maximum absolute atomic E-state index is 6.01. The van der Waals surface area contributed by atoms with Crippen molar-refractivity contribution in [2.24, 2.45) is 0 Å². The van der Waals surface area contributed by atoms with E-state index in [0.717, 1.165) is 84.5 Å². The number of benzene rings is 1. The number of rotatable bonds is 14. The Hall–Kier alpha value is -1.25. The summed E-state index contributed by atoms with van der Waals surface area (Å²) in [7, 11) is 3.95. The predicted octanol–water partition coefficient (Wildman–Crippen LogP) is 3.19. The number of nitrogens with one attached hydrogen (secondary N) is 1. The molecule has 0 aliphatic carbocycles. The molecule has 0 spiro atoms. The largest absolute Gasteiger partial charge is 2.00 e. The molecule has 3 aromatic rings. The zero-order valence-electron chi connectivity index (χ0n) is 19.7. The van der Waals surface area contributed by atoms with Crippen LogP contribution in [0.1, 0.15) is 6.42 Å². The second-order valence-corrected chi connectivity index (χ2v) is 8.63. The van der Waals surface area contributed by atoms with Crippen LogP contribution in [0.4, 0.5) is 5.82 Å². The fourth-order valence-corrected chi connectivity index (χ4v) is 3.83. The van der Waals surface area contributed by atoms with Gasteiger partial charge in [-0.1, -0.05) is 0 Å². The molecule has 189 valence electrons. The molecule has 0 atom stereocenters. The van der Waals surface area contributed by atoms with Gasteiger partial charge in [-0.25, -0.2) is 4.98 Å². The van der Waals surface area contributed by atoms with Crippen molar-refractivity contribution in [3.63, 3.8) is 0 Å². The zero-order chi connectivity index (χ0) is 22.8. The molecule has 0 aliphatic heterocycles. The smallest absolute Gasteiger partial charge is 0.136 e. The van der Waals surface area contributed by atoms with Gasteiger partial charge in [0.1, 0.15) is 22.9 Å². The van der Waals surface area contributed by atoms with Gasteiger partial charge in [0, 0.05) is 71.3 Å². The van der Waals surface area contributed by atoms with Crippen molar-refractivity contribution in [2.45, 2.75) is 6.42 Å². The van der Waals surface area contributed by atoms with Gasteiger partial charge >= 0.3 is 0 Å². The molecule has 0 saturated heterocycles. The van der Waals surface area contributed by atoms with Crippen LogP contribution in [0.3, 0.4) is 0 Å². The molecule has 1 radical (unpaired) electrons. The average molecular weight is 675 g/mol. The van der Waals surface area contributed by atoms with Crippen LogP contribution in [0.2, 0.25) is 0 Å². The monoisotopic (exact) mass is 675 g/mol. The molecular weight excluding hydrogens is 643 g/mol. The maximum Gasteiger partial charge on any atom is 0.136 e. The summed E-state index contributed by atoms with van der Waals surface area (Å²) < 4.78 is 12.0. The van der Waals surface area contributed by atoms with Crippen molar-refractivity contribution < 1.29 is 35.1 Å². The molecule has 2 aromatic heterocycles. The summed E-state index contributed by atoms with van der Waals surface area (Å²) in [5.74, 6) is 4.07. The van der Waals surface area contributed by atoms with Crippen molar-refractivity contribution in [1.82, 2.24) is 15.2 Å². The van der Waals surface area contributed by atoms with E-state index in [1.807, 2.05) is 61.6 Å². The Kier molecular flexibility index (Phi) is 14.9. The molecule has 1 N–H and O–H groups in total. The van der Waals surface area contributed by atoms with Crippen molar-refractivity contribution in [1.29, 1.82) is 0 Å². The number of pyridine rings is 1. The normalized spacial score (nSPS) is 10.7. The van der Waals surface area contributed by atoms with Gasteiger partial charge in [-0.2, -0.15) is 11.5 Å². The number of hydrogen-bond acceptors (Lipinski definition) is 8. The minimum atomic E-state index is 0. The van der Waals surface area contributed by atoms with Crippen LogP contribution in [0.5, 0.6) is 5.75 Å². The Morgan fingerprint density at radius 2 is 1.82 bits per heavy atom. The third-order valence-electron chi connectivity index (χ3n) is 5.16. The van der Waals surface area contributed by atoms with E-state index in [9.17, 15) is 0 Å². The van der Waals surface area contributed by atoms with E-state index in [0.29, 0.717) is 6.61 Å². The first-order valence-corrected chi connectivity index (χ1v) is 12.2. The molecule has 2 heterocycles. The molecule has 34 heavy (non-hydrogen) atoms. The molecular formula is C24H32N4O3ReS2-4. The molecule has 0 amide bonds.